The van der Waals surface area contributed by atoms with Crippen LogP contribution in [0.15, 0.2) is 30.3 Å². The summed E-state index contributed by atoms with van der Waals surface area (Å²) in [6.07, 6.45) is 2.31. The highest BCUT2D eigenvalue weighted by molar-refractivity contribution is 5.86. The molecule has 0 radical (unpaired) electrons. The highest BCUT2D eigenvalue weighted by Crippen LogP contribution is 2.04. The van der Waals surface area contributed by atoms with Gasteiger partial charge in [-0.3, -0.25) is 9.59 Å². The minimum Gasteiger partial charge on any atom is -0.368 e. The minimum atomic E-state index is -0.659. The van der Waals surface area contributed by atoms with Crippen molar-refractivity contribution in [2.45, 2.75) is 31.7 Å². The summed E-state index contributed by atoms with van der Waals surface area (Å²) >= 11 is 0. The maximum atomic E-state index is 11.7. The summed E-state index contributed by atoms with van der Waals surface area (Å²) in [6.45, 7) is 0.566. The van der Waals surface area contributed by atoms with Crippen molar-refractivity contribution in [1.29, 1.82) is 0 Å². The van der Waals surface area contributed by atoms with E-state index in [1.807, 2.05) is 30.3 Å². The molecule has 0 saturated heterocycles. The molecular weight excluding hydrogens is 242 g/mol. The third kappa shape index (κ3) is 6.01. The Kier molecular flexibility index (Phi) is 6.60. The molecule has 1 aromatic rings. The molecule has 0 aromatic heterocycles. The first kappa shape index (κ1) is 15.2. The van der Waals surface area contributed by atoms with Gasteiger partial charge in [-0.2, -0.15) is 0 Å². The van der Waals surface area contributed by atoms with E-state index in [1.165, 1.54) is 0 Å². The summed E-state index contributed by atoms with van der Waals surface area (Å²) in [4.78, 5) is 23.0. The summed E-state index contributed by atoms with van der Waals surface area (Å²) < 4.78 is 0. The first-order chi connectivity index (χ1) is 9.13. The number of carbonyl (C=O) groups excluding carboxylic acids is 2. The number of carbonyl (C=O) groups is 2. The van der Waals surface area contributed by atoms with E-state index in [2.05, 4.69) is 5.32 Å². The maximum Gasteiger partial charge on any atom is 0.240 e. The van der Waals surface area contributed by atoms with Gasteiger partial charge < -0.3 is 16.8 Å². The summed E-state index contributed by atoms with van der Waals surface area (Å²) in [5.41, 5.74) is 11.6. The van der Waals surface area contributed by atoms with E-state index in [4.69, 9.17) is 11.5 Å². The van der Waals surface area contributed by atoms with Gasteiger partial charge in [0.05, 0.1) is 0 Å². The second-order valence-electron chi connectivity index (χ2n) is 4.46. The van der Waals surface area contributed by atoms with Crippen molar-refractivity contribution in [3.05, 3.63) is 35.9 Å². The van der Waals surface area contributed by atoms with Gasteiger partial charge in [0.2, 0.25) is 11.8 Å². The van der Waals surface area contributed by atoms with Crippen LogP contribution in [0, 0.1) is 0 Å². The number of nitrogens with two attached hydrogens (primary N) is 2. The van der Waals surface area contributed by atoms with Crippen molar-refractivity contribution < 1.29 is 9.59 Å². The van der Waals surface area contributed by atoms with E-state index < -0.39 is 11.9 Å². The summed E-state index contributed by atoms with van der Waals surface area (Å²) in [6, 6.07) is 8.81. The van der Waals surface area contributed by atoms with Crippen LogP contribution < -0.4 is 16.8 Å². The molecule has 1 rings (SSSR count). The lowest BCUT2D eigenvalue weighted by molar-refractivity contribution is -0.127. The zero-order valence-electron chi connectivity index (χ0n) is 11.0. The van der Waals surface area contributed by atoms with Gasteiger partial charge in [0.25, 0.3) is 0 Å². The largest absolute Gasteiger partial charge is 0.368 e. The Bertz CT molecular complexity index is 406. The molecule has 1 aromatic carbocycles. The Labute approximate surface area is 113 Å². The first-order valence-corrected chi connectivity index (χ1v) is 6.46. The lowest BCUT2D eigenvalue weighted by atomic mass is 10.1. The summed E-state index contributed by atoms with van der Waals surface area (Å²) in [5, 5.41) is 2.67. The lowest BCUT2D eigenvalue weighted by Gasteiger charge is -2.15. The van der Waals surface area contributed by atoms with E-state index in [0.29, 0.717) is 19.4 Å². The third-order valence-electron chi connectivity index (χ3n) is 2.82. The van der Waals surface area contributed by atoms with E-state index in [1.54, 1.807) is 0 Å². The van der Waals surface area contributed by atoms with Crippen molar-refractivity contribution in [1.82, 2.24) is 5.32 Å². The molecule has 19 heavy (non-hydrogen) atoms. The molecule has 0 aliphatic carbocycles. The fourth-order valence-corrected chi connectivity index (χ4v) is 1.77. The molecule has 5 heteroatoms. The molecule has 0 aliphatic heterocycles. The van der Waals surface area contributed by atoms with Gasteiger partial charge >= 0.3 is 0 Å². The topological polar surface area (TPSA) is 98.2 Å². The molecule has 0 aliphatic rings. The number of hydrogen-bond donors (Lipinski definition) is 3. The van der Waals surface area contributed by atoms with Crippen LogP contribution in [-0.4, -0.2) is 24.4 Å². The van der Waals surface area contributed by atoms with Crippen LogP contribution in [0.4, 0.5) is 0 Å². The zero-order chi connectivity index (χ0) is 14.1. The van der Waals surface area contributed by atoms with Crippen LogP contribution >= 0.6 is 0 Å². The zero-order valence-corrected chi connectivity index (χ0v) is 11.0. The van der Waals surface area contributed by atoms with Crippen LogP contribution in [0.5, 0.6) is 0 Å². The minimum absolute atomic E-state index is 0.159. The Hall–Kier alpha value is -1.88. The molecule has 0 spiro atoms. The molecule has 0 unspecified atom stereocenters. The monoisotopic (exact) mass is 263 g/mol. The maximum absolute atomic E-state index is 11.7. The van der Waals surface area contributed by atoms with Gasteiger partial charge in [0.15, 0.2) is 0 Å². The second-order valence-corrected chi connectivity index (χ2v) is 4.46. The fourth-order valence-electron chi connectivity index (χ4n) is 1.77. The number of unbranched alkanes of at least 4 members (excludes halogenated alkanes) is 1. The number of primary amides is 1. The lowest BCUT2D eigenvalue weighted by Crippen LogP contribution is -2.45. The summed E-state index contributed by atoms with van der Waals surface area (Å²) in [5.74, 6) is -0.677. The number of amides is 2. The van der Waals surface area contributed by atoms with Crippen molar-refractivity contribution in [2.75, 3.05) is 6.54 Å². The molecule has 5 N–H and O–H groups in total. The van der Waals surface area contributed by atoms with Gasteiger partial charge in [0, 0.05) is 12.8 Å². The Morgan fingerprint density at radius 2 is 1.84 bits per heavy atom. The highest BCUT2D eigenvalue weighted by Gasteiger charge is 2.18. The van der Waals surface area contributed by atoms with Gasteiger partial charge in [-0.15, -0.1) is 0 Å². The second kappa shape index (κ2) is 8.26. The average molecular weight is 263 g/mol. The van der Waals surface area contributed by atoms with Gasteiger partial charge in [-0.1, -0.05) is 30.3 Å². The SMILES string of the molecule is NCCCCC(=O)N[C@@H](Cc1ccccc1)C(N)=O. The Morgan fingerprint density at radius 1 is 1.16 bits per heavy atom. The molecular formula is C14H21N3O2. The van der Waals surface area contributed by atoms with E-state index in [9.17, 15) is 9.59 Å². The van der Waals surface area contributed by atoms with Crippen LogP contribution in [-0.2, 0) is 16.0 Å². The van der Waals surface area contributed by atoms with Gasteiger partial charge in [-0.25, -0.2) is 0 Å². The Morgan fingerprint density at radius 3 is 2.42 bits per heavy atom. The van der Waals surface area contributed by atoms with Gasteiger partial charge in [-0.05, 0) is 24.9 Å². The number of rotatable bonds is 8. The molecule has 0 bridgehead atoms. The molecule has 0 saturated carbocycles. The third-order valence-corrected chi connectivity index (χ3v) is 2.82. The predicted molar refractivity (Wildman–Crippen MR) is 74.2 cm³/mol. The number of nitrogens with one attached hydrogen (secondary N) is 1. The van der Waals surface area contributed by atoms with E-state index in [0.717, 1.165) is 18.4 Å². The van der Waals surface area contributed by atoms with Crippen molar-refractivity contribution in [2.24, 2.45) is 11.5 Å². The van der Waals surface area contributed by atoms with Crippen molar-refractivity contribution in [3.8, 4) is 0 Å². The van der Waals surface area contributed by atoms with Crippen molar-refractivity contribution >= 4 is 11.8 Å². The van der Waals surface area contributed by atoms with E-state index in [-0.39, 0.29) is 5.91 Å². The number of hydrogen-bond acceptors (Lipinski definition) is 3. The Balaban J connectivity index is 2.49. The predicted octanol–water partition coefficient (Wildman–Crippen LogP) is 0.328. The normalized spacial score (nSPS) is 11.8. The van der Waals surface area contributed by atoms with E-state index >= 15 is 0 Å². The number of benzene rings is 1. The fraction of sp³-hybridized carbons (Fsp3) is 0.429. The van der Waals surface area contributed by atoms with Crippen LogP contribution in [0.25, 0.3) is 0 Å². The molecule has 5 nitrogen and oxygen atoms in total. The summed E-state index contributed by atoms with van der Waals surface area (Å²) in [7, 11) is 0. The van der Waals surface area contributed by atoms with Crippen LogP contribution in [0.3, 0.4) is 0 Å². The average Bonchev–Trinajstić information content (AvgIpc) is 2.39. The first-order valence-electron chi connectivity index (χ1n) is 6.46. The molecule has 104 valence electrons. The quantitative estimate of drug-likeness (QED) is 0.589. The molecule has 2 amide bonds. The molecule has 0 heterocycles. The van der Waals surface area contributed by atoms with Crippen LogP contribution in [0.2, 0.25) is 0 Å². The highest BCUT2D eigenvalue weighted by atomic mass is 16.2. The standard InChI is InChI=1S/C14H21N3O2/c15-9-5-4-8-13(18)17-12(14(16)19)10-11-6-2-1-3-7-11/h1-3,6-7,12H,4-5,8-10,15H2,(H2,16,19)(H,17,18)/t12-/m0/s1. The van der Waals surface area contributed by atoms with Gasteiger partial charge in [0.1, 0.15) is 6.04 Å². The van der Waals surface area contributed by atoms with Crippen molar-refractivity contribution in [3.63, 3.8) is 0 Å². The smallest absolute Gasteiger partial charge is 0.240 e. The molecule has 0 fully saturated rings. The van der Waals surface area contributed by atoms with Crippen LogP contribution in [0.1, 0.15) is 24.8 Å². The molecule has 1 atom stereocenters.